The van der Waals surface area contributed by atoms with Gasteiger partial charge in [0.2, 0.25) is 0 Å². The van der Waals surface area contributed by atoms with Crippen molar-refractivity contribution >= 4 is 21.8 Å². The smallest absolute Gasteiger partial charge is 0.336 e. The molecule has 0 amide bonds. The topological polar surface area (TPSA) is 110 Å². The Bertz CT molecular complexity index is 780. The minimum atomic E-state index is -3.92. The number of carboxylic acid groups (broad SMARTS) is 1. The highest BCUT2D eigenvalue weighted by atomic mass is 32.2. The van der Waals surface area contributed by atoms with Crippen molar-refractivity contribution in [2.75, 3.05) is 4.72 Å². The molecular weight excluding hydrogens is 296 g/mol. The number of aryl methyl sites for hydroxylation is 2. The van der Waals surface area contributed by atoms with Crippen LogP contribution in [0.3, 0.4) is 0 Å². The molecule has 0 aliphatic rings. The molecule has 0 radical (unpaired) electrons. The molecule has 0 aliphatic carbocycles. The van der Waals surface area contributed by atoms with E-state index in [0.717, 1.165) is 6.07 Å². The monoisotopic (exact) mass is 310 g/mol. The molecule has 0 unspecified atom stereocenters. The van der Waals surface area contributed by atoms with Crippen LogP contribution in [0.5, 0.6) is 0 Å². The Balaban J connectivity index is 2.40. The van der Waals surface area contributed by atoms with Gasteiger partial charge in [-0.3, -0.25) is 4.72 Å². The highest BCUT2D eigenvalue weighted by Crippen LogP contribution is 2.20. The maximum Gasteiger partial charge on any atom is 0.336 e. The quantitative estimate of drug-likeness (QED) is 0.874. The summed E-state index contributed by atoms with van der Waals surface area (Å²) < 4.78 is 31.4. The lowest BCUT2D eigenvalue weighted by Crippen LogP contribution is -2.14. The van der Waals surface area contributed by atoms with Crippen molar-refractivity contribution in [2.24, 2.45) is 0 Å². The van der Waals surface area contributed by atoms with Gasteiger partial charge in [0.05, 0.1) is 10.5 Å². The Kier molecular flexibility index (Phi) is 3.99. The predicted molar refractivity (Wildman–Crippen MR) is 74.8 cm³/mol. The van der Waals surface area contributed by atoms with Crippen LogP contribution in [0.1, 0.15) is 28.6 Å². The second-order valence-electron chi connectivity index (χ2n) is 4.41. The van der Waals surface area contributed by atoms with Gasteiger partial charge in [-0.25, -0.2) is 13.2 Å². The minimum absolute atomic E-state index is 0.0308. The van der Waals surface area contributed by atoms with E-state index in [9.17, 15) is 13.2 Å². The van der Waals surface area contributed by atoms with Gasteiger partial charge in [-0.2, -0.15) is 0 Å². The summed E-state index contributed by atoms with van der Waals surface area (Å²) in [6.07, 6.45) is 0.498. The Labute approximate surface area is 121 Å². The zero-order valence-corrected chi connectivity index (χ0v) is 12.3. The fourth-order valence-corrected chi connectivity index (χ4v) is 2.85. The molecule has 2 N–H and O–H groups in total. The molecule has 112 valence electrons. The largest absolute Gasteiger partial charge is 0.478 e. The van der Waals surface area contributed by atoms with Crippen LogP contribution < -0.4 is 4.72 Å². The number of rotatable bonds is 5. The molecule has 2 aromatic rings. The zero-order valence-electron chi connectivity index (χ0n) is 11.5. The second kappa shape index (κ2) is 5.57. The minimum Gasteiger partial charge on any atom is -0.478 e. The summed E-state index contributed by atoms with van der Waals surface area (Å²) in [4.78, 5) is 11.0. The third kappa shape index (κ3) is 3.22. The molecule has 7 nitrogen and oxygen atoms in total. The van der Waals surface area contributed by atoms with Crippen molar-refractivity contribution in [1.29, 1.82) is 0 Å². The SMILES string of the molecule is CCc1ccc(S(=O)(=O)Nc2cc(C)on2)cc1C(=O)O. The summed E-state index contributed by atoms with van der Waals surface area (Å²) >= 11 is 0. The van der Waals surface area contributed by atoms with Gasteiger partial charge < -0.3 is 9.63 Å². The lowest BCUT2D eigenvalue weighted by molar-refractivity contribution is 0.0695. The van der Waals surface area contributed by atoms with Gasteiger partial charge in [-0.1, -0.05) is 18.1 Å². The van der Waals surface area contributed by atoms with Crippen molar-refractivity contribution in [3.63, 3.8) is 0 Å². The molecule has 0 atom stereocenters. The van der Waals surface area contributed by atoms with Crippen LogP contribution in [-0.2, 0) is 16.4 Å². The van der Waals surface area contributed by atoms with Crippen molar-refractivity contribution in [3.05, 3.63) is 41.2 Å². The maximum absolute atomic E-state index is 12.2. The van der Waals surface area contributed by atoms with E-state index >= 15 is 0 Å². The Morgan fingerprint density at radius 2 is 2.10 bits per heavy atom. The molecule has 1 aromatic heterocycles. The number of hydrogen-bond donors (Lipinski definition) is 2. The molecule has 0 saturated heterocycles. The molecule has 0 bridgehead atoms. The fraction of sp³-hybridized carbons (Fsp3) is 0.231. The van der Waals surface area contributed by atoms with Crippen LogP contribution in [0.25, 0.3) is 0 Å². The maximum atomic E-state index is 12.2. The number of anilines is 1. The Morgan fingerprint density at radius 1 is 1.38 bits per heavy atom. The molecule has 0 saturated carbocycles. The molecule has 0 fully saturated rings. The van der Waals surface area contributed by atoms with Gasteiger partial charge in [0.1, 0.15) is 5.76 Å². The number of benzene rings is 1. The normalized spacial score (nSPS) is 11.3. The first-order valence-corrected chi connectivity index (χ1v) is 7.64. The van der Waals surface area contributed by atoms with E-state index in [-0.39, 0.29) is 16.3 Å². The molecule has 1 aromatic carbocycles. The number of nitrogens with zero attached hydrogens (tertiary/aromatic N) is 1. The van der Waals surface area contributed by atoms with E-state index in [1.807, 2.05) is 0 Å². The van der Waals surface area contributed by atoms with Crippen molar-refractivity contribution in [2.45, 2.75) is 25.2 Å². The number of nitrogens with one attached hydrogen (secondary N) is 1. The lowest BCUT2D eigenvalue weighted by atomic mass is 10.1. The number of aromatic carboxylic acids is 1. The highest BCUT2D eigenvalue weighted by Gasteiger charge is 2.19. The van der Waals surface area contributed by atoms with E-state index in [2.05, 4.69) is 9.88 Å². The summed E-state index contributed by atoms with van der Waals surface area (Å²) in [5.74, 6) is -0.662. The van der Waals surface area contributed by atoms with Crippen LogP contribution in [0.4, 0.5) is 5.82 Å². The van der Waals surface area contributed by atoms with Gasteiger partial charge in [-0.15, -0.1) is 0 Å². The van der Waals surface area contributed by atoms with Gasteiger partial charge in [0.15, 0.2) is 5.82 Å². The van der Waals surface area contributed by atoms with Gasteiger partial charge in [0.25, 0.3) is 10.0 Å². The third-order valence-corrected chi connectivity index (χ3v) is 4.22. The highest BCUT2D eigenvalue weighted by molar-refractivity contribution is 7.92. The summed E-state index contributed by atoms with van der Waals surface area (Å²) in [7, 11) is -3.92. The molecule has 1 heterocycles. The predicted octanol–water partition coefficient (Wildman–Crippen LogP) is 2.04. The van der Waals surface area contributed by atoms with Crippen molar-refractivity contribution in [1.82, 2.24) is 5.16 Å². The first-order valence-electron chi connectivity index (χ1n) is 6.16. The number of sulfonamides is 1. The summed E-state index contributed by atoms with van der Waals surface area (Å²) in [6, 6.07) is 5.42. The van der Waals surface area contributed by atoms with Crippen LogP contribution in [0.15, 0.2) is 33.7 Å². The Morgan fingerprint density at radius 3 is 2.62 bits per heavy atom. The molecule has 0 spiro atoms. The fourth-order valence-electron chi connectivity index (χ4n) is 1.84. The van der Waals surface area contributed by atoms with E-state index in [1.165, 1.54) is 18.2 Å². The standard InChI is InChI=1S/C13H14N2O5S/c1-3-9-4-5-10(7-11(9)13(16)17)21(18,19)15-12-6-8(2)20-14-12/h4-7H,3H2,1-2H3,(H,14,15)(H,16,17). The van der Waals surface area contributed by atoms with Crippen molar-refractivity contribution < 1.29 is 22.8 Å². The van der Waals surface area contributed by atoms with E-state index in [0.29, 0.717) is 17.7 Å². The van der Waals surface area contributed by atoms with Gasteiger partial charge >= 0.3 is 5.97 Å². The van der Waals surface area contributed by atoms with E-state index in [4.69, 9.17) is 9.63 Å². The molecule has 21 heavy (non-hydrogen) atoms. The number of carboxylic acids is 1. The first-order chi connectivity index (χ1) is 9.83. The van der Waals surface area contributed by atoms with Gasteiger partial charge in [-0.05, 0) is 31.0 Å². The summed E-state index contributed by atoms with van der Waals surface area (Å²) in [5, 5.41) is 12.7. The number of carbonyl (C=O) groups is 1. The van der Waals surface area contributed by atoms with Crippen LogP contribution in [0, 0.1) is 6.92 Å². The zero-order chi connectivity index (χ0) is 15.6. The van der Waals surface area contributed by atoms with E-state index in [1.54, 1.807) is 13.8 Å². The molecule has 8 heteroatoms. The van der Waals surface area contributed by atoms with Crippen LogP contribution in [0.2, 0.25) is 0 Å². The molecule has 2 rings (SSSR count). The summed E-state index contributed by atoms with van der Waals surface area (Å²) in [5.41, 5.74) is 0.537. The lowest BCUT2D eigenvalue weighted by Gasteiger charge is -2.08. The number of hydrogen-bond acceptors (Lipinski definition) is 5. The summed E-state index contributed by atoms with van der Waals surface area (Å²) in [6.45, 7) is 3.43. The average molecular weight is 310 g/mol. The second-order valence-corrected chi connectivity index (χ2v) is 6.09. The average Bonchev–Trinajstić information content (AvgIpc) is 2.82. The number of aromatic nitrogens is 1. The molecular formula is C13H14N2O5S. The van der Waals surface area contributed by atoms with Crippen LogP contribution in [-0.4, -0.2) is 24.7 Å². The van der Waals surface area contributed by atoms with E-state index < -0.39 is 16.0 Å². The van der Waals surface area contributed by atoms with Crippen molar-refractivity contribution in [3.8, 4) is 0 Å². The Hall–Kier alpha value is -2.35. The molecule has 0 aliphatic heterocycles. The first kappa shape index (κ1) is 15.0. The van der Waals surface area contributed by atoms with Crippen LogP contribution >= 0.6 is 0 Å². The third-order valence-electron chi connectivity index (χ3n) is 2.87. The van der Waals surface area contributed by atoms with Gasteiger partial charge in [0, 0.05) is 6.07 Å².